The summed E-state index contributed by atoms with van der Waals surface area (Å²) in [7, 11) is 1.72. The minimum absolute atomic E-state index is 0.207. The van der Waals surface area contributed by atoms with Gasteiger partial charge in [0.15, 0.2) is 5.69 Å². The van der Waals surface area contributed by atoms with Crippen molar-refractivity contribution >= 4 is 45.5 Å². The molecule has 2 aliphatic heterocycles. The highest BCUT2D eigenvalue weighted by molar-refractivity contribution is 9.10. The van der Waals surface area contributed by atoms with Gasteiger partial charge >= 0.3 is 5.97 Å². The van der Waals surface area contributed by atoms with Crippen LogP contribution in [0.15, 0.2) is 4.47 Å². The maximum absolute atomic E-state index is 12.4. The number of carboxylic acid groups (broad SMARTS) is 1. The van der Waals surface area contributed by atoms with Gasteiger partial charge in [0.1, 0.15) is 17.5 Å². The second-order valence-electron chi connectivity index (χ2n) is 6.42. The van der Waals surface area contributed by atoms with E-state index in [1.165, 1.54) is 16.7 Å². The molecule has 2 fully saturated rings. The van der Waals surface area contributed by atoms with Crippen LogP contribution in [0.2, 0.25) is 0 Å². The number of nitrogens with one attached hydrogen (secondary N) is 1. The molecule has 3 heterocycles. The van der Waals surface area contributed by atoms with Gasteiger partial charge in [0.25, 0.3) is 5.91 Å². The molecule has 1 aromatic heterocycles. The molecule has 2 amide bonds. The number of halogens is 1. The molecule has 2 saturated heterocycles. The molecule has 3 unspecified atom stereocenters. The van der Waals surface area contributed by atoms with E-state index in [1.54, 1.807) is 25.6 Å². The molecule has 10 heteroatoms. The number of carbonyl (C=O) groups excluding carboxylic acids is 2. The van der Waals surface area contributed by atoms with Gasteiger partial charge in [-0.15, -0.1) is 11.8 Å². The zero-order chi connectivity index (χ0) is 18.0. The van der Waals surface area contributed by atoms with Gasteiger partial charge in [-0.05, 0) is 36.7 Å². The van der Waals surface area contributed by atoms with Crippen molar-refractivity contribution in [1.82, 2.24) is 20.0 Å². The Labute approximate surface area is 151 Å². The Morgan fingerprint density at radius 2 is 2.04 bits per heavy atom. The molecule has 0 radical (unpaired) electrons. The van der Waals surface area contributed by atoms with Crippen molar-refractivity contribution in [3.63, 3.8) is 0 Å². The summed E-state index contributed by atoms with van der Waals surface area (Å²) in [6.07, 6.45) is 0. The molecule has 24 heavy (non-hydrogen) atoms. The minimum atomic E-state index is -1.03. The fourth-order valence-corrected chi connectivity index (χ4v) is 5.22. The Kier molecular flexibility index (Phi) is 3.95. The van der Waals surface area contributed by atoms with Crippen LogP contribution in [0.5, 0.6) is 0 Å². The molecule has 130 valence electrons. The Hall–Kier alpha value is -1.55. The van der Waals surface area contributed by atoms with Gasteiger partial charge in [-0.25, -0.2) is 4.79 Å². The van der Waals surface area contributed by atoms with E-state index in [0.717, 1.165) is 5.69 Å². The lowest BCUT2D eigenvalue weighted by Gasteiger charge is -2.43. The number of aromatic nitrogens is 2. The Balaban J connectivity index is 1.79. The maximum atomic E-state index is 12.4. The molecule has 1 aromatic rings. The van der Waals surface area contributed by atoms with Crippen LogP contribution in [-0.4, -0.2) is 59.8 Å². The van der Waals surface area contributed by atoms with Gasteiger partial charge in [-0.1, -0.05) is 0 Å². The summed E-state index contributed by atoms with van der Waals surface area (Å²) in [5.41, 5.74) is 1.00. The molecule has 0 spiro atoms. The summed E-state index contributed by atoms with van der Waals surface area (Å²) in [6.45, 7) is 5.40. The number of rotatable bonds is 3. The number of aryl methyl sites for hydroxylation is 1. The lowest BCUT2D eigenvalue weighted by Crippen LogP contribution is -2.70. The summed E-state index contributed by atoms with van der Waals surface area (Å²) in [5, 5.41) is 15.8. The standard InChI is InChI=1S/C14H17BrN4O4S/c1-5-6(15)7(17-18(5)4)10(20)16-8-11(21)19-9(13(22)23)14(2,3)24-12(8)19/h8-9,12H,1-4H3,(H,16,20)(H,22,23). The third kappa shape index (κ3) is 2.34. The van der Waals surface area contributed by atoms with Crippen molar-refractivity contribution in [2.45, 2.75) is 43.0 Å². The Bertz CT molecular complexity index is 762. The molecule has 0 aromatic carbocycles. The molecule has 0 aliphatic carbocycles. The first-order valence-electron chi connectivity index (χ1n) is 7.29. The van der Waals surface area contributed by atoms with Gasteiger partial charge < -0.3 is 15.3 Å². The molecule has 3 atom stereocenters. The number of carboxylic acids is 1. The molecular formula is C14H17BrN4O4S. The summed E-state index contributed by atoms with van der Waals surface area (Å²) in [6, 6.07) is -1.63. The number of β-lactam (4-membered cyclic amide) rings is 1. The predicted molar refractivity (Wildman–Crippen MR) is 90.6 cm³/mol. The number of aliphatic carboxylic acids is 1. The number of hydrogen-bond acceptors (Lipinski definition) is 5. The van der Waals surface area contributed by atoms with Crippen molar-refractivity contribution in [3.05, 3.63) is 15.9 Å². The van der Waals surface area contributed by atoms with Crippen LogP contribution in [0, 0.1) is 6.92 Å². The molecule has 2 aliphatic rings. The highest BCUT2D eigenvalue weighted by Crippen LogP contribution is 2.50. The molecule has 2 N–H and O–H groups in total. The van der Waals surface area contributed by atoms with Crippen molar-refractivity contribution in [2.24, 2.45) is 7.05 Å². The number of thioether (sulfide) groups is 1. The molecule has 8 nitrogen and oxygen atoms in total. The lowest BCUT2D eigenvalue weighted by atomic mass is 9.96. The van der Waals surface area contributed by atoms with Crippen LogP contribution in [-0.2, 0) is 16.6 Å². The molecule has 0 saturated carbocycles. The van der Waals surface area contributed by atoms with E-state index in [1.807, 2.05) is 6.92 Å². The van der Waals surface area contributed by atoms with Crippen LogP contribution in [0.1, 0.15) is 30.0 Å². The predicted octanol–water partition coefficient (Wildman–Crippen LogP) is 0.736. The zero-order valence-electron chi connectivity index (χ0n) is 13.5. The van der Waals surface area contributed by atoms with Crippen molar-refractivity contribution in [3.8, 4) is 0 Å². The maximum Gasteiger partial charge on any atom is 0.327 e. The number of hydrogen-bond donors (Lipinski definition) is 2. The highest BCUT2D eigenvalue weighted by atomic mass is 79.9. The van der Waals surface area contributed by atoms with Crippen molar-refractivity contribution < 1.29 is 19.5 Å². The van der Waals surface area contributed by atoms with Crippen LogP contribution < -0.4 is 5.32 Å². The largest absolute Gasteiger partial charge is 0.480 e. The number of fused-ring (bicyclic) bond motifs is 1. The average Bonchev–Trinajstić information content (AvgIpc) is 2.90. The van der Waals surface area contributed by atoms with Crippen molar-refractivity contribution in [1.29, 1.82) is 0 Å². The quantitative estimate of drug-likeness (QED) is 0.703. The fourth-order valence-electron chi connectivity index (χ4n) is 3.08. The van der Waals surface area contributed by atoms with E-state index in [-0.39, 0.29) is 17.0 Å². The van der Waals surface area contributed by atoms with Crippen LogP contribution in [0.3, 0.4) is 0 Å². The van der Waals surface area contributed by atoms with Gasteiger partial charge in [-0.3, -0.25) is 14.3 Å². The number of carbonyl (C=O) groups is 3. The SMILES string of the molecule is Cc1c(Br)c(C(=O)NC2C(=O)N3C2SC(C)(C)C3C(=O)O)nn1C. The topological polar surface area (TPSA) is 105 Å². The molecule has 3 rings (SSSR count). The molecular weight excluding hydrogens is 400 g/mol. The third-order valence-corrected chi connectivity index (χ3v) is 6.96. The fraction of sp³-hybridized carbons (Fsp3) is 0.571. The highest BCUT2D eigenvalue weighted by Gasteiger charge is 2.64. The van der Waals surface area contributed by atoms with Crippen LogP contribution in [0.25, 0.3) is 0 Å². The average molecular weight is 417 g/mol. The summed E-state index contributed by atoms with van der Waals surface area (Å²) in [4.78, 5) is 37.6. The van der Waals surface area contributed by atoms with Crippen LogP contribution >= 0.6 is 27.7 Å². The lowest BCUT2D eigenvalue weighted by molar-refractivity contribution is -0.159. The first-order valence-corrected chi connectivity index (χ1v) is 8.96. The van der Waals surface area contributed by atoms with E-state index < -0.39 is 28.7 Å². The minimum Gasteiger partial charge on any atom is -0.480 e. The van der Waals surface area contributed by atoms with Crippen molar-refractivity contribution in [2.75, 3.05) is 0 Å². The van der Waals surface area contributed by atoms with E-state index in [9.17, 15) is 19.5 Å². The smallest absolute Gasteiger partial charge is 0.327 e. The third-order valence-electron chi connectivity index (χ3n) is 4.44. The van der Waals surface area contributed by atoms with E-state index >= 15 is 0 Å². The monoisotopic (exact) mass is 416 g/mol. The van der Waals surface area contributed by atoms with Gasteiger partial charge in [-0.2, -0.15) is 5.10 Å². The van der Waals surface area contributed by atoms with E-state index in [0.29, 0.717) is 4.47 Å². The second kappa shape index (κ2) is 5.48. The van der Waals surface area contributed by atoms with E-state index in [2.05, 4.69) is 26.3 Å². The second-order valence-corrected chi connectivity index (χ2v) is 8.98. The summed E-state index contributed by atoms with van der Waals surface area (Å²) >= 11 is 4.72. The molecule has 0 bridgehead atoms. The van der Waals surface area contributed by atoms with Gasteiger partial charge in [0.2, 0.25) is 5.91 Å². The Morgan fingerprint density at radius 1 is 1.42 bits per heavy atom. The van der Waals surface area contributed by atoms with Gasteiger partial charge in [0, 0.05) is 11.8 Å². The summed E-state index contributed by atoms with van der Waals surface area (Å²) in [5.74, 6) is -1.86. The number of amides is 2. The zero-order valence-corrected chi connectivity index (χ0v) is 15.9. The number of nitrogens with zero attached hydrogens (tertiary/aromatic N) is 3. The normalized spacial score (nSPS) is 27.6. The summed E-state index contributed by atoms with van der Waals surface area (Å²) < 4.78 is 1.53. The van der Waals surface area contributed by atoms with Crippen LogP contribution in [0.4, 0.5) is 0 Å². The van der Waals surface area contributed by atoms with E-state index in [4.69, 9.17) is 0 Å². The Morgan fingerprint density at radius 3 is 2.54 bits per heavy atom. The van der Waals surface area contributed by atoms with Gasteiger partial charge in [0.05, 0.1) is 10.2 Å². The first kappa shape index (κ1) is 17.3. The first-order chi connectivity index (χ1) is 11.1.